The first-order chi connectivity index (χ1) is 4.34. The number of pyridine rings is 1. The summed E-state index contributed by atoms with van der Waals surface area (Å²) in [6.45, 7) is 0.0344. The van der Waals surface area contributed by atoms with Gasteiger partial charge in [-0.1, -0.05) is 11.5 Å². The Balaban J connectivity index is 3.01. The molecule has 1 aromatic heterocycles. The lowest BCUT2D eigenvalue weighted by atomic mass is 9.95. The zero-order valence-electron chi connectivity index (χ0n) is 5.33. The van der Waals surface area contributed by atoms with Crippen molar-refractivity contribution in [2.75, 3.05) is 0 Å². The van der Waals surface area contributed by atoms with Crippen molar-refractivity contribution < 1.29 is 5.11 Å². The molecule has 0 saturated heterocycles. The summed E-state index contributed by atoms with van der Waals surface area (Å²) >= 11 is 0. The third-order valence-corrected chi connectivity index (χ3v) is 1.27. The maximum atomic E-state index is 8.66. The molecule has 0 radical (unpaired) electrons. The van der Waals surface area contributed by atoms with E-state index in [4.69, 9.17) is 5.11 Å². The van der Waals surface area contributed by atoms with Crippen LogP contribution in [0, 0.1) is 0 Å². The summed E-state index contributed by atoms with van der Waals surface area (Å²) in [5, 5.41) is 8.66. The number of aliphatic hydroxyl groups is 1. The van der Waals surface area contributed by atoms with Crippen molar-refractivity contribution in [1.82, 2.24) is 4.98 Å². The first-order valence-corrected chi connectivity index (χ1v) is 2.86. The zero-order valence-corrected chi connectivity index (χ0v) is 5.33. The van der Waals surface area contributed by atoms with Crippen molar-refractivity contribution in [3.8, 4) is 0 Å². The molecule has 3 heteroatoms. The second-order valence-corrected chi connectivity index (χ2v) is 1.93. The van der Waals surface area contributed by atoms with Gasteiger partial charge in [0.25, 0.3) is 0 Å². The van der Waals surface area contributed by atoms with Crippen LogP contribution in [0.1, 0.15) is 5.69 Å². The standard InChI is InChI=1S/C6H8BNO/c7-5-2-1-3-8-6(5)4-9/h1-3,9H,4,7H2. The van der Waals surface area contributed by atoms with Crippen molar-refractivity contribution in [1.29, 1.82) is 0 Å². The van der Waals surface area contributed by atoms with E-state index in [-0.39, 0.29) is 6.61 Å². The second kappa shape index (κ2) is 2.64. The van der Waals surface area contributed by atoms with E-state index in [1.807, 2.05) is 20.0 Å². The Bertz CT molecular complexity index is 202. The van der Waals surface area contributed by atoms with Crippen LogP contribution >= 0.6 is 0 Å². The second-order valence-electron chi connectivity index (χ2n) is 1.93. The summed E-state index contributed by atoms with van der Waals surface area (Å²) < 4.78 is 0. The van der Waals surface area contributed by atoms with Crippen molar-refractivity contribution in [2.45, 2.75) is 6.61 Å². The Kier molecular flexibility index (Phi) is 1.85. The lowest BCUT2D eigenvalue weighted by molar-refractivity contribution is 0.278. The van der Waals surface area contributed by atoms with Crippen molar-refractivity contribution in [3.63, 3.8) is 0 Å². The lowest BCUT2D eigenvalue weighted by Gasteiger charge is -1.96. The minimum absolute atomic E-state index is 0.0344. The molecule has 0 aliphatic heterocycles. The molecule has 1 N–H and O–H groups in total. The minimum Gasteiger partial charge on any atom is -0.390 e. The van der Waals surface area contributed by atoms with Crippen LogP contribution in [-0.2, 0) is 6.61 Å². The molecule has 0 atom stereocenters. The molecule has 0 fully saturated rings. The molecule has 1 heterocycles. The molecule has 0 aromatic carbocycles. The molecule has 0 aliphatic rings. The molecule has 1 aromatic rings. The number of hydrogen-bond acceptors (Lipinski definition) is 2. The van der Waals surface area contributed by atoms with Gasteiger partial charge in [-0.3, -0.25) is 4.98 Å². The molecule has 1 rings (SSSR count). The maximum absolute atomic E-state index is 8.66. The highest BCUT2D eigenvalue weighted by molar-refractivity contribution is 6.33. The van der Waals surface area contributed by atoms with Gasteiger partial charge >= 0.3 is 0 Å². The molecular weight excluding hydrogens is 113 g/mol. The quantitative estimate of drug-likeness (QED) is 0.475. The molecule has 0 unspecified atom stereocenters. The smallest absolute Gasteiger partial charge is 0.141 e. The van der Waals surface area contributed by atoms with Crippen LogP contribution in [0.15, 0.2) is 18.3 Å². The van der Waals surface area contributed by atoms with E-state index in [1.165, 1.54) is 0 Å². The molecule has 46 valence electrons. The van der Waals surface area contributed by atoms with Gasteiger partial charge in [-0.05, 0) is 6.07 Å². The van der Waals surface area contributed by atoms with Crippen molar-refractivity contribution >= 4 is 13.3 Å². The number of nitrogens with zero attached hydrogens (tertiary/aromatic N) is 1. The third-order valence-electron chi connectivity index (χ3n) is 1.27. The molecule has 9 heavy (non-hydrogen) atoms. The van der Waals surface area contributed by atoms with Crippen LogP contribution in [0.2, 0.25) is 0 Å². The Hall–Kier alpha value is -0.825. The summed E-state index contributed by atoms with van der Waals surface area (Å²) in [7, 11) is 1.93. The SMILES string of the molecule is Bc1cccnc1CO. The number of aliphatic hydroxyl groups excluding tert-OH is 1. The molecule has 0 saturated carbocycles. The predicted octanol–water partition coefficient (Wildman–Crippen LogP) is -1.17. The fourth-order valence-electron chi connectivity index (χ4n) is 0.684. The van der Waals surface area contributed by atoms with Gasteiger partial charge in [0, 0.05) is 6.20 Å². The topological polar surface area (TPSA) is 33.1 Å². The van der Waals surface area contributed by atoms with Gasteiger partial charge in [0.1, 0.15) is 7.85 Å². The fraction of sp³-hybridized carbons (Fsp3) is 0.167. The van der Waals surface area contributed by atoms with E-state index in [1.54, 1.807) is 6.20 Å². The van der Waals surface area contributed by atoms with E-state index < -0.39 is 0 Å². The van der Waals surface area contributed by atoms with Gasteiger partial charge in [0.2, 0.25) is 0 Å². The van der Waals surface area contributed by atoms with Crippen LogP contribution in [0.5, 0.6) is 0 Å². The van der Waals surface area contributed by atoms with Gasteiger partial charge in [0.05, 0.1) is 12.3 Å². The molecule has 0 spiro atoms. The van der Waals surface area contributed by atoms with Gasteiger partial charge in [-0.2, -0.15) is 0 Å². The number of aromatic nitrogens is 1. The van der Waals surface area contributed by atoms with E-state index in [2.05, 4.69) is 4.98 Å². The van der Waals surface area contributed by atoms with Crippen molar-refractivity contribution in [3.05, 3.63) is 24.0 Å². The summed E-state index contributed by atoms with van der Waals surface area (Å²) in [5.74, 6) is 0. The van der Waals surface area contributed by atoms with Crippen LogP contribution < -0.4 is 5.46 Å². The van der Waals surface area contributed by atoms with E-state index in [0.717, 1.165) is 11.2 Å². The van der Waals surface area contributed by atoms with Crippen LogP contribution in [-0.4, -0.2) is 17.9 Å². The zero-order chi connectivity index (χ0) is 6.69. The Morgan fingerprint density at radius 2 is 2.44 bits per heavy atom. The summed E-state index contributed by atoms with van der Waals surface area (Å²) in [4.78, 5) is 3.95. The van der Waals surface area contributed by atoms with E-state index >= 15 is 0 Å². The van der Waals surface area contributed by atoms with Crippen LogP contribution in [0.4, 0.5) is 0 Å². The first kappa shape index (κ1) is 6.30. The van der Waals surface area contributed by atoms with E-state index in [0.29, 0.717) is 0 Å². The highest BCUT2D eigenvalue weighted by Crippen LogP contribution is 1.85. The highest BCUT2D eigenvalue weighted by atomic mass is 16.3. The Morgan fingerprint density at radius 3 is 2.89 bits per heavy atom. The van der Waals surface area contributed by atoms with Gasteiger partial charge in [-0.15, -0.1) is 0 Å². The maximum Gasteiger partial charge on any atom is 0.141 e. The monoisotopic (exact) mass is 121 g/mol. The molecule has 0 amide bonds. The number of hydrogen-bond donors (Lipinski definition) is 1. The van der Waals surface area contributed by atoms with Crippen molar-refractivity contribution in [2.24, 2.45) is 0 Å². The van der Waals surface area contributed by atoms with E-state index in [9.17, 15) is 0 Å². The summed E-state index contributed by atoms with van der Waals surface area (Å²) in [6.07, 6.45) is 1.68. The Morgan fingerprint density at radius 1 is 1.67 bits per heavy atom. The van der Waals surface area contributed by atoms with Crippen LogP contribution in [0.3, 0.4) is 0 Å². The highest BCUT2D eigenvalue weighted by Gasteiger charge is 1.92. The largest absolute Gasteiger partial charge is 0.390 e. The fourth-order valence-corrected chi connectivity index (χ4v) is 0.684. The normalized spacial score (nSPS) is 9.44. The molecule has 2 nitrogen and oxygen atoms in total. The first-order valence-electron chi connectivity index (χ1n) is 2.86. The minimum atomic E-state index is 0.0344. The summed E-state index contributed by atoms with van der Waals surface area (Å²) in [6, 6.07) is 3.78. The van der Waals surface area contributed by atoms with Gasteiger partial charge in [0.15, 0.2) is 0 Å². The lowest BCUT2D eigenvalue weighted by Crippen LogP contribution is -2.11. The predicted molar refractivity (Wildman–Crippen MR) is 38.3 cm³/mol. The Labute approximate surface area is 55.0 Å². The summed E-state index contributed by atoms with van der Waals surface area (Å²) in [5.41, 5.74) is 1.80. The number of rotatable bonds is 1. The molecular formula is C6H8BNO. The average molecular weight is 121 g/mol. The van der Waals surface area contributed by atoms with Gasteiger partial charge in [-0.25, -0.2) is 0 Å². The average Bonchev–Trinajstić information content (AvgIpc) is 1.89. The molecule has 0 bridgehead atoms. The third kappa shape index (κ3) is 1.30. The molecule has 0 aliphatic carbocycles. The van der Waals surface area contributed by atoms with Crippen LogP contribution in [0.25, 0.3) is 0 Å². The van der Waals surface area contributed by atoms with Gasteiger partial charge < -0.3 is 5.11 Å².